The second-order valence-corrected chi connectivity index (χ2v) is 7.26. The van der Waals surface area contributed by atoms with E-state index in [2.05, 4.69) is 9.82 Å². The predicted molar refractivity (Wildman–Crippen MR) is 95.9 cm³/mol. The first-order valence-corrected chi connectivity index (χ1v) is 9.08. The standard InChI is InChI=1S/C18H17N3O3S/c1-13(22)14-8-10-16(11-9-14)25(23,24)20-17-12-19-21(2)18(17)15-6-4-3-5-7-15/h3-12,20H,1-2H3. The van der Waals surface area contributed by atoms with Crippen molar-refractivity contribution in [3.8, 4) is 11.3 Å². The number of carbonyl (C=O) groups is 1. The van der Waals surface area contributed by atoms with E-state index in [1.807, 2.05) is 30.3 Å². The van der Waals surface area contributed by atoms with Gasteiger partial charge in [-0.15, -0.1) is 0 Å². The van der Waals surface area contributed by atoms with Crippen LogP contribution in [-0.4, -0.2) is 24.0 Å². The van der Waals surface area contributed by atoms with Crippen molar-refractivity contribution in [3.05, 3.63) is 66.4 Å². The molecule has 0 aliphatic heterocycles. The molecule has 25 heavy (non-hydrogen) atoms. The van der Waals surface area contributed by atoms with Crippen molar-refractivity contribution in [1.29, 1.82) is 0 Å². The van der Waals surface area contributed by atoms with Gasteiger partial charge in [-0.2, -0.15) is 5.10 Å². The Labute approximate surface area is 146 Å². The Bertz CT molecular complexity index is 1010. The highest BCUT2D eigenvalue weighted by Crippen LogP contribution is 2.29. The van der Waals surface area contributed by atoms with Crippen LogP contribution in [-0.2, 0) is 17.1 Å². The molecule has 1 N–H and O–H groups in total. The highest BCUT2D eigenvalue weighted by Gasteiger charge is 2.19. The van der Waals surface area contributed by atoms with Crippen LogP contribution in [0.4, 0.5) is 5.69 Å². The summed E-state index contributed by atoms with van der Waals surface area (Å²) in [5.41, 5.74) is 2.38. The highest BCUT2D eigenvalue weighted by molar-refractivity contribution is 7.92. The van der Waals surface area contributed by atoms with Gasteiger partial charge in [0.05, 0.1) is 22.5 Å². The Morgan fingerprint density at radius 3 is 2.28 bits per heavy atom. The van der Waals surface area contributed by atoms with E-state index in [1.165, 1.54) is 37.4 Å². The zero-order chi connectivity index (χ0) is 18.0. The molecule has 0 spiro atoms. The third-order valence-corrected chi connectivity index (χ3v) is 5.18. The summed E-state index contributed by atoms with van der Waals surface area (Å²) in [6.45, 7) is 1.43. The summed E-state index contributed by atoms with van der Waals surface area (Å²) in [4.78, 5) is 11.4. The van der Waals surface area contributed by atoms with Crippen molar-refractivity contribution in [2.45, 2.75) is 11.8 Å². The first-order chi connectivity index (χ1) is 11.9. The summed E-state index contributed by atoms with van der Waals surface area (Å²) in [5, 5.41) is 4.15. The van der Waals surface area contributed by atoms with Gasteiger partial charge in [-0.1, -0.05) is 42.5 Å². The number of hydrogen-bond acceptors (Lipinski definition) is 4. The van der Waals surface area contributed by atoms with Gasteiger partial charge in [0.1, 0.15) is 0 Å². The third-order valence-electron chi connectivity index (χ3n) is 3.80. The largest absolute Gasteiger partial charge is 0.295 e. The number of nitrogens with zero attached hydrogens (tertiary/aromatic N) is 2. The van der Waals surface area contributed by atoms with Gasteiger partial charge < -0.3 is 0 Å². The summed E-state index contributed by atoms with van der Waals surface area (Å²) in [5.74, 6) is -0.115. The van der Waals surface area contributed by atoms with E-state index in [-0.39, 0.29) is 10.7 Å². The predicted octanol–water partition coefficient (Wildman–Crippen LogP) is 3.09. The summed E-state index contributed by atoms with van der Waals surface area (Å²) in [7, 11) is -2.04. The normalized spacial score (nSPS) is 11.3. The topological polar surface area (TPSA) is 81.1 Å². The molecule has 0 fully saturated rings. The molecule has 3 aromatic rings. The summed E-state index contributed by atoms with van der Waals surface area (Å²) in [6, 6.07) is 15.2. The smallest absolute Gasteiger partial charge is 0.262 e. The number of nitrogens with one attached hydrogen (secondary N) is 1. The van der Waals surface area contributed by atoms with Crippen LogP contribution in [0.2, 0.25) is 0 Å². The quantitative estimate of drug-likeness (QED) is 0.713. The number of Topliss-reactive ketones (excluding diaryl/α,β-unsaturated/α-hetero) is 1. The molecule has 1 heterocycles. The lowest BCUT2D eigenvalue weighted by Crippen LogP contribution is -2.13. The van der Waals surface area contributed by atoms with Crippen molar-refractivity contribution in [2.75, 3.05) is 4.72 Å². The molecule has 6 nitrogen and oxygen atoms in total. The van der Waals surface area contributed by atoms with Crippen LogP contribution in [0.25, 0.3) is 11.3 Å². The van der Waals surface area contributed by atoms with Gasteiger partial charge in [0.15, 0.2) is 5.78 Å². The number of anilines is 1. The van der Waals surface area contributed by atoms with Crippen molar-refractivity contribution in [3.63, 3.8) is 0 Å². The van der Waals surface area contributed by atoms with E-state index in [4.69, 9.17) is 0 Å². The second kappa shape index (κ2) is 6.52. The molecule has 0 aliphatic rings. The highest BCUT2D eigenvalue weighted by atomic mass is 32.2. The number of aryl methyl sites for hydroxylation is 1. The molecule has 3 rings (SSSR count). The van der Waals surface area contributed by atoms with E-state index in [1.54, 1.807) is 11.7 Å². The first-order valence-electron chi connectivity index (χ1n) is 7.60. The molecule has 0 unspecified atom stereocenters. The minimum absolute atomic E-state index is 0.0837. The van der Waals surface area contributed by atoms with Crippen LogP contribution >= 0.6 is 0 Å². The number of aromatic nitrogens is 2. The number of carbonyl (C=O) groups excluding carboxylic acids is 1. The van der Waals surface area contributed by atoms with Crippen LogP contribution in [0.1, 0.15) is 17.3 Å². The summed E-state index contributed by atoms with van der Waals surface area (Å²) in [6.07, 6.45) is 1.48. The Morgan fingerprint density at radius 2 is 1.68 bits per heavy atom. The molecule has 2 aromatic carbocycles. The maximum absolute atomic E-state index is 12.6. The van der Waals surface area contributed by atoms with Gasteiger partial charge >= 0.3 is 0 Å². The first kappa shape index (κ1) is 16.9. The van der Waals surface area contributed by atoms with Crippen LogP contribution < -0.4 is 4.72 Å². The van der Waals surface area contributed by atoms with Crippen LogP contribution in [0, 0.1) is 0 Å². The van der Waals surface area contributed by atoms with Gasteiger partial charge in [-0.05, 0) is 19.1 Å². The summed E-state index contributed by atoms with van der Waals surface area (Å²) >= 11 is 0. The minimum atomic E-state index is -3.79. The van der Waals surface area contributed by atoms with E-state index in [9.17, 15) is 13.2 Å². The van der Waals surface area contributed by atoms with E-state index < -0.39 is 10.0 Å². The number of benzene rings is 2. The monoisotopic (exact) mass is 355 g/mol. The average molecular weight is 355 g/mol. The Morgan fingerprint density at radius 1 is 1.04 bits per heavy atom. The number of ketones is 1. The zero-order valence-electron chi connectivity index (χ0n) is 13.8. The molecule has 0 amide bonds. The van der Waals surface area contributed by atoms with Crippen LogP contribution in [0.5, 0.6) is 0 Å². The molecule has 0 atom stereocenters. The van der Waals surface area contributed by atoms with Gasteiger partial charge in [-0.25, -0.2) is 8.42 Å². The van der Waals surface area contributed by atoms with E-state index in [0.29, 0.717) is 16.9 Å². The molecule has 128 valence electrons. The molecule has 0 bridgehead atoms. The number of hydrogen-bond donors (Lipinski definition) is 1. The van der Waals surface area contributed by atoms with E-state index >= 15 is 0 Å². The fraction of sp³-hybridized carbons (Fsp3) is 0.111. The molecular formula is C18H17N3O3S. The zero-order valence-corrected chi connectivity index (χ0v) is 14.6. The molecule has 7 heteroatoms. The lowest BCUT2D eigenvalue weighted by molar-refractivity contribution is 0.101. The number of sulfonamides is 1. The fourth-order valence-corrected chi connectivity index (χ4v) is 3.57. The van der Waals surface area contributed by atoms with Crippen molar-refractivity contribution in [1.82, 2.24) is 9.78 Å². The van der Waals surface area contributed by atoms with Crippen LogP contribution in [0.3, 0.4) is 0 Å². The maximum atomic E-state index is 12.6. The molecule has 0 saturated heterocycles. The Balaban J connectivity index is 1.96. The van der Waals surface area contributed by atoms with Crippen LogP contribution in [0.15, 0.2) is 65.7 Å². The van der Waals surface area contributed by atoms with Crippen molar-refractivity contribution < 1.29 is 13.2 Å². The number of rotatable bonds is 5. The van der Waals surface area contributed by atoms with Gasteiger partial charge in [0.25, 0.3) is 10.0 Å². The lowest BCUT2D eigenvalue weighted by atomic mass is 10.1. The van der Waals surface area contributed by atoms with Gasteiger partial charge in [0.2, 0.25) is 0 Å². The second-order valence-electron chi connectivity index (χ2n) is 5.58. The van der Waals surface area contributed by atoms with Gasteiger partial charge in [0, 0.05) is 18.2 Å². The molecule has 1 aromatic heterocycles. The maximum Gasteiger partial charge on any atom is 0.262 e. The Kier molecular flexibility index (Phi) is 4.41. The molecular weight excluding hydrogens is 338 g/mol. The summed E-state index contributed by atoms with van der Waals surface area (Å²) < 4.78 is 29.5. The third kappa shape index (κ3) is 3.46. The molecule has 0 saturated carbocycles. The lowest BCUT2D eigenvalue weighted by Gasteiger charge is -2.10. The average Bonchev–Trinajstić information content (AvgIpc) is 2.95. The SMILES string of the molecule is CC(=O)c1ccc(S(=O)(=O)Nc2cnn(C)c2-c2ccccc2)cc1. The minimum Gasteiger partial charge on any atom is -0.295 e. The fourth-order valence-electron chi connectivity index (χ4n) is 2.52. The van der Waals surface area contributed by atoms with Gasteiger partial charge in [-0.3, -0.25) is 14.2 Å². The van der Waals surface area contributed by atoms with Crippen molar-refractivity contribution in [2.24, 2.45) is 7.05 Å². The Hall–Kier alpha value is -2.93. The molecule has 0 radical (unpaired) electrons. The van der Waals surface area contributed by atoms with Crippen molar-refractivity contribution >= 4 is 21.5 Å². The molecule has 0 aliphatic carbocycles. The van der Waals surface area contributed by atoms with E-state index in [0.717, 1.165) is 5.56 Å².